The maximum Gasteiger partial charge on any atom is 0.316 e. The van der Waals surface area contributed by atoms with Gasteiger partial charge in [-0.1, -0.05) is 18.2 Å². The fourth-order valence-electron chi connectivity index (χ4n) is 2.10. The molecular weight excluding hydrogens is 264 g/mol. The second-order valence-electron chi connectivity index (χ2n) is 4.63. The highest BCUT2D eigenvalue weighted by molar-refractivity contribution is 5.61. The lowest BCUT2D eigenvalue weighted by molar-refractivity contribution is 0.312. The van der Waals surface area contributed by atoms with Gasteiger partial charge in [-0.15, -0.1) is 0 Å². The van der Waals surface area contributed by atoms with Crippen LogP contribution in [0.1, 0.15) is 12.5 Å². The smallest absolute Gasteiger partial charge is 0.316 e. The number of para-hydroxylation sites is 1. The summed E-state index contributed by atoms with van der Waals surface area (Å²) in [6.07, 6.45) is 5.48. The van der Waals surface area contributed by atoms with E-state index in [9.17, 15) is 0 Å². The first kappa shape index (κ1) is 13.3. The highest BCUT2D eigenvalue weighted by Crippen LogP contribution is 2.22. The minimum atomic E-state index is 0.390. The molecule has 0 unspecified atom stereocenters. The van der Waals surface area contributed by atoms with Gasteiger partial charge in [0.25, 0.3) is 0 Å². The molecule has 106 valence electrons. The molecule has 0 atom stereocenters. The number of ether oxygens (including phenoxy) is 1. The van der Waals surface area contributed by atoms with E-state index in [1.54, 1.807) is 12.4 Å². The van der Waals surface area contributed by atoms with Crippen molar-refractivity contribution in [3.8, 4) is 23.0 Å². The van der Waals surface area contributed by atoms with E-state index >= 15 is 0 Å². The summed E-state index contributed by atoms with van der Waals surface area (Å²) >= 11 is 0. The number of hydrogen-bond acceptors (Lipinski definition) is 4. The van der Waals surface area contributed by atoms with Crippen molar-refractivity contribution in [3.63, 3.8) is 0 Å². The number of aryl methyl sites for hydroxylation is 1. The zero-order valence-corrected chi connectivity index (χ0v) is 12.0. The third-order valence-electron chi connectivity index (χ3n) is 3.09. The Hall–Kier alpha value is -2.69. The van der Waals surface area contributed by atoms with Crippen LogP contribution in [0.5, 0.6) is 6.01 Å². The normalized spacial score (nSPS) is 10.6. The highest BCUT2D eigenvalue weighted by atomic mass is 16.5. The van der Waals surface area contributed by atoms with Crippen LogP contribution < -0.4 is 4.74 Å². The summed E-state index contributed by atoms with van der Waals surface area (Å²) < 4.78 is 7.12. The molecule has 0 spiro atoms. The molecule has 0 amide bonds. The summed E-state index contributed by atoms with van der Waals surface area (Å²) in [5.74, 6) is 0. The van der Waals surface area contributed by atoms with Gasteiger partial charge in [-0.3, -0.25) is 0 Å². The standard InChI is InChI=1S/C16H16N4O/c1-3-21-16-17-9-13(10-18-16)15-12(2)11-20(19-15)14-7-5-4-6-8-14/h4-11H,3H2,1-2H3. The zero-order chi connectivity index (χ0) is 14.7. The Morgan fingerprint density at radius 1 is 1.10 bits per heavy atom. The largest absolute Gasteiger partial charge is 0.464 e. The maximum atomic E-state index is 5.25. The van der Waals surface area contributed by atoms with E-state index in [1.807, 2.05) is 55.1 Å². The lowest BCUT2D eigenvalue weighted by Gasteiger charge is -2.02. The van der Waals surface area contributed by atoms with Crippen molar-refractivity contribution in [2.45, 2.75) is 13.8 Å². The van der Waals surface area contributed by atoms with Crippen LogP contribution in [-0.4, -0.2) is 26.4 Å². The first-order chi connectivity index (χ1) is 10.3. The second-order valence-corrected chi connectivity index (χ2v) is 4.63. The van der Waals surface area contributed by atoms with Crippen LogP contribution in [-0.2, 0) is 0 Å². The van der Waals surface area contributed by atoms with E-state index in [2.05, 4.69) is 15.1 Å². The maximum absolute atomic E-state index is 5.25. The zero-order valence-electron chi connectivity index (χ0n) is 12.0. The molecule has 5 nitrogen and oxygen atoms in total. The van der Waals surface area contributed by atoms with Crippen LogP contribution in [0, 0.1) is 6.92 Å². The third-order valence-corrected chi connectivity index (χ3v) is 3.09. The predicted molar refractivity (Wildman–Crippen MR) is 80.5 cm³/mol. The topological polar surface area (TPSA) is 52.8 Å². The van der Waals surface area contributed by atoms with Crippen LogP contribution >= 0.6 is 0 Å². The monoisotopic (exact) mass is 280 g/mol. The third kappa shape index (κ3) is 2.76. The minimum absolute atomic E-state index is 0.390. The Morgan fingerprint density at radius 2 is 1.81 bits per heavy atom. The van der Waals surface area contributed by atoms with Gasteiger partial charge >= 0.3 is 6.01 Å². The quantitative estimate of drug-likeness (QED) is 0.737. The Morgan fingerprint density at radius 3 is 2.48 bits per heavy atom. The second kappa shape index (κ2) is 5.75. The number of nitrogens with zero attached hydrogens (tertiary/aromatic N) is 4. The fraction of sp³-hybridized carbons (Fsp3) is 0.188. The van der Waals surface area contributed by atoms with E-state index < -0.39 is 0 Å². The molecule has 21 heavy (non-hydrogen) atoms. The lowest BCUT2D eigenvalue weighted by Crippen LogP contribution is -1.98. The van der Waals surface area contributed by atoms with Gasteiger partial charge in [-0.25, -0.2) is 14.6 Å². The van der Waals surface area contributed by atoms with Gasteiger partial charge in [0, 0.05) is 24.2 Å². The molecule has 2 heterocycles. The van der Waals surface area contributed by atoms with Gasteiger partial charge in [-0.2, -0.15) is 5.10 Å². The van der Waals surface area contributed by atoms with Crippen LogP contribution in [0.2, 0.25) is 0 Å². The first-order valence-electron chi connectivity index (χ1n) is 6.85. The molecular formula is C16H16N4O. The van der Waals surface area contributed by atoms with Gasteiger partial charge in [0.1, 0.15) is 0 Å². The van der Waals surface area contributed by atoms with Gasteiger partial charge in [0.05, 0.1) is 18.0 Å². The number of aromatic nitrogens is 4. The van der Waals surface area contributed by atoms with Crippen LogP contribution in [0.4, 0.5) is 0 Å². The van der Waals surface area contributed by atoms with Crippen LogP contribution in [0.25, 0.3) is 16.9 Å². The highest BCUT2D eigenvalue weighted by Gasteiger charge is 2.10. The summed E-state index contributed by atoms with van der Waals surface area (Å²) in [6, 6.07) is 10.4. The van der Waals surface area contributed by atoms with Gasteiger partial charge in [0.15, 0.2) is 0 Å². The van der Waals surface area contributed by atoms with Gasteiger partial charge in [-0.05, 0) is 31.5 Å². The number of hydrogen-bond donors (Lipinski definition) is 0. The molecule has 0 radical (unpaired) electrons. The van der Waals surface area contributed by atoms with Crippen LogP contribution in [0.15, 0.2) is 48.9 Å². The number of rotatable bonds is 4. The van der Waals surface area contributed by atoms with Crippen molar-refractivity contribution in [1.82, 2.24) is 19.7 Å². The van der Waals surface area contributed by atoms with Crippen LogP contribution in [0.3, 0.4) is 0 Å². The van der Waals surface area contributed by atoms with Crippen molar-refractivity contribution >= 4 is 0 Å². The number of benzene rings is 1. The van der Waals surface area contributed by atoms with E-state index in [1.165, 1.54) is 0 Å². The van der Waals surface area contributed by atoms with Crippen molar-refractivity contribution in [1.29, 1.82) is 0 Å². The molecule has 0 saturated heterocycles. The summed E-state index contributed by atoms with van der Waals surface area (Å²) in [7, 11) is 0. The molecule has 0 bridgehead atoms. The average molecular weight is 280 g/mol. The van der Waals surface area contributed by atoms with Crippen molar-refractivity contribution in [2.24, 2.45) is 0 Å². The Bertz CT molecular complexity index is 720. The molecule has 1 aromatic carbocycles. The van der Waals surface area contributed by atoms with E-state index in [0.29, 0.717) is 12.6 Å². The van der Waals surface area contributed by atoms with Gasteiger partial charge in [0.2, 0.25) is 0 Å². The Labute approximate surface area is 123 Å². The molecule has 5 heteroatoms. The van der Waals surface area contributed by atoms with E-state index in [4.69, 9.17) is 4.74 Å². The molecule has 0 aliphatic heterocycles. The van der Waals surface area contributed by atoms with Gasteiger partial charge < -0.3 is 4.74 Å². The molecule has 0 aliphatic rings. The summed E-state index contributed by atoms with van der Waals surface area (Å²) in [4.78, 5) is 8.37. The summed E-state index contributed by atoms with van der Waals surface area (Å²) in [5, 5.41) is 4.62. The summed E-state index contributed by atoms with van der Waals surface area (Å²) in [6.45, 7) is 4.49. The molecule has 0 fully saturated rings. The lowest BCUT2D eigenvalue weighted by atomic mass is 10.2. The van der Waals surface area contributed by atoms with Crippen molar-refractivity contribution in [2.75, 3.05) is 6.61 Å². The summed E-state index contributed by atoms with van der Waals surface area (Å²) in [5.41, 5.74) is 3.86. The molecule has 3 rings (SSSR count). The first-order valence-corrected chi connectivity index (χ1v) is 6.85. The fourth-order valence-corrected chi connectivity index (χ4v) is 2.10. The van der Waals surface area contributed by atoms with E-state index in [0.717, 1.165) is 22.5 Å². The minimum Gasteiger partial charge on any atom is -0.464 e. The predicted octanol–water partition coefficient (Wildman–Crippen LogP) is 3.04. The molecule has 3 aromatic rings. The van der Waals surface area contributed by atoms with Crippen molar-refractivity contribution < 1.29 is 4.74 Å². The Balaban J connectivity index is 1.94. The van der Waals surface area contributed by atoms with Crippen molar-refractivity contribution in [3.05, 3.63) is 54.5 Å². The SMILES string of the molecule is CCOc1ncc(-c2nn(-c3ccccc3)cc2C)cn1. The Kier molecular flexibility index (Phi) is 3.64. The van der Waals surface area contributed by atoms with E-state index in [-0.39, 0.29) is 0 Å². The molecule has 0 aliphatic carbocycles. The molecule has 0 N–H and O–H groups in total. The molecule has 0 saturated carbocycles. The average Bonchev–Trinajstić information content (AvgIpc) is 2.91. The molecule has 2 aromatic heterocycles.